The number of ether oxygens (including phenoxy) is 1. The molecule has 0 spiro atoms. The summed E-state index contributed by atoms with van der Waals surface area (Å²) in [6, 6.07) is 4.82. The highest BCUT2D eigenvalue weighted by molar-refractivity contribution is 5.47. The van der Waals surface area contributed by atoms with Crippen molar-refractivity contribution in [3.05, 3.63) is 23.8 Å². The molecule has 1 saturated carbocycles. The average Bonchev–Trinajstić information content (AvgIpc) is 3.39. The topological polar surface area (TPSA) is 29.5 Å². The molecule has 0 amide bonds. The molecule has 1 aromatic carbocycles. The van der Waals surface area contributed by atoms with Gasteiger partial charge in [0, 0.05) is 6.07 Å². The van der Waals surface area contributed by atoms with Crippen LogP contribution in [0.4, 0.5) is 0 Å². The van der Waals surface area contributed by atoms with E-state index in [9.17, 15) is 5.11 Å². The van der Waals surface area contributed by atoms with Crippen LogP contribution in [-0.2, 0) is 0 Å². The molecule has 0 heterocycles. The maximum absolute atomic E-state index is 9.20. The van der Waals surface area contributed by atoms with Crippen LogP contribution in [0.3, 0.4) is 0 Å². The molecule has 0 aromatic heterocycles. The van der Waals surface area contributed by atoms with Crippen molar-refractivity contribution in [2.24, 2.45) is 5.92 Å². The van der Waals surface area contributed by atoms with E-state index >= 15 is 0 Å². The smallest absolute Gasteiger partial charge is 0.134 e. The van der Waals surface area contributed by atoms with Gasteiger partial charge in [-0.1, -0.05) is 77.1 Å². The third-order valence-electron chi connectivity index (χ3n) is 4.27. The molecule has 1 aromatic rings. The lowest BCUT2D eigenvalue weighted by molar-refractivity contribution is 0.407. The molecule has 0 aliphatic heterocycles. The SMILES string of the molecule is C#Cc1ccc(OC)cc1O.CCCCCCCCCC1CC1. The van der Waals surface area contributed by atoms with Gasteiger partial charge in [0.05, 0.1) is 12.7 Å². The van der Waals surface area contributed by atoms with Crippen LogP contribution in [0.5, 0.6) is 11.5 Å². The number of methoxy groups -OCH3 is 1. The first-order valence-electron chi connectivity index (χ1n) is 9.04. The van der Waals surface area contributed by atoms with E-state index in [0.717, 1.165) is 5.92 Å². The molecule has 128 valence electrons. The van der Waals surface area contributed by atoms with Gasteiger partial charge in [-0.2, -0.15) is 0 Å². The molecule has 1 fully saturated rings. The highest BCUT2D eigenvalue weighted by Gasteiger charge is 2.19. The van der Waals surface area contributed by atoms with Gasteiger partial charge in [-0.3, -0.25) is 0 Å². The Kier molecular flexibility index (Phi) is 10.0. The lowest BCUT2D eigenvalue weighted by Crippen LogP contribution is -1.83. The molecule has 23 heavy (non-hydrogen) atoms. The molecule has 2 heteroatoms. The molecule has 0 bridgehead atoms. The minimum atomic E-state index is 0.0758. The lowest BCUT2D eigenvalue weighted by Gasteiger charge is -2.00. The summed E-state index contributed by atoms with van der Waals surface area (Å²) in [6.07, 6.45) is 20.0. The van der Waals surface area contributed by atoms with Gasteiger partial charge in [-0.25, -0.2) is 0 Å². The fourth-order valence-corrected chi connectivity index (χ4v) is 2.56. The van der Waals surface area contributed by atoms with Gasteiger partial charge < -0.3 is 9.84 Å². The standard InChI is InChI=1S/C12H24.C9H8O2/c1-2-3-4-5-6-7-8-9-12-10-11-12;1-3-7-4-5-8(11-2)6-9(7)10/h12H,2-11H2,1H3;1,4-6,10H,2H3. The van der Waals surface area contributed by atoms with Crippen molar-refractivity contribution in [2.75, 3.05) is 7.11 Å². The van der Waals surface area contributed by atoms with Crippen molar-refractivity contribution >= 4 is 0 Å². The second kappa shape index (κ2) is 11.9. The van der Waals surface area contributed by atoms with E-state index in [1.807, 2.05) is 0 Å². The molecule has 0 unspecified atom stereocenters. The van der Waals surface area contributed by atoms with Crippen LogP contribution in [0.15, 0.2) is 18.2 Å². The van der Waals surface area contributed by atoms with Gasteiger partial charge in [0.1, 0.15) is 11.5 Å². The summed E-state index contributed by atoms with van der Waals surface area (Å²) >= 11 is 0. The van der Waals surface area contributed by atoms with Crippen molar-refractivity contribution in [2.45, 2.75) is 71.1 Å². The molecule has 1 aliphatic carbocycles. The van der Waals surface area contributed by atoms with Crippen molar-refractivity contribution in [1.82, 2.24) is 0 Å². The zero-order valence-electron chi connectivity index (χ0n) is 14.8. The largest absolute Gasteiger partial charge is 0.507 e. The van der Waals surface area contributed by atoms with Crippen molar-refractivity contribution < 1.29 is 9.84 Å². The Balaban J connectivity index is 0.000000231. The Morgan fingerprint density at radius 3 is 2.30 bits per heavy atom. The highest BCUT2D eigenvalue weighted by Crippen LogP contribution is 2.34. The molecule has 2 nitrogen and oxygen atoms in total. The summed E-state index contributed by atoms with van der Waals surface area (Å²) in [5.41, 5.74) is 0.478. The van der Waals surface area contributed by atoms with Crippen LogP contribution in [0.1, 0.15) is 76.7 Å². The first-order chi connectivity index (χ1) is 11.2. The van der Waals surface area contributed by atoms with Gasteiger partial charge in [-0.05, 0) is 18.1 Å². The maximum atomic E-state index is 9.20. The first kappa shape index (κ1) is 19.4. The number of terminal acetylenes is 1. The Hall–Kier alpha value is -1.62. The Morgan fingerprint density at radius 1 is 1.13 bits per heavy atom. The number of aromatic hydroxyl groups is 1. The van der Waals surface area contributed by atoms with E-state index < -0.39 is 0 Å². The van der Waals surface area contributed by atoms with Gasteiger partial charge in [0.25, 0.3) is 0 Å². The zero-order chi connectivity index (χ0) is 16.9. The summed E-state index contributed by atoms with van der Waals surface area (Å²) in [5, 5.41) is 9.20. The third kappa shape index (κ3) is 9.18. The Bertz CT molecular complexity index is 469. The van der Waals surface area contributed by atoms with E-state index in [4.69, 9.17) is 11.2 Å². The molecule has 2 rings (SSSR count). The van der Waals surface area contributed by atoms with Crippen LogP contribution >= 0.6 is 0 Å². The molecule has 0 saturated heterocycles. The molecular weight excluding hydrogens is 284 g/mol. The fraction of sp³-hybridized carbons (Fsp3) is 0.619. The monoisotopic (exact) mass is 316 g/mol. The minimum Gasteiger partial charge on any atom is -0.507 e. The number of unbranched alkanes of at least 4 members (excludes halogenated alkanes) is 6. The van der Waals surface area contributed by atoms with Crippen LogP contribution in [-0.4, -0.2) is 12.2 Å². The normalized spacial score (nSPS) is 12.9. The average molecular weight is 316 g/mol. The van der Waals surface area contributed by atoms with Crippen molar-refractivity contribution in [3.8, 4) is 23.8 Å². The van der Waals surface area contributed by atoms with E-state index in [1.165, 1.54) is 77.4 Å². The molecule has 1 aliphatic rings. The first-order valence-corrected chi connectivity index (χ1v) is 9.04. The second-order valence-electron chi connectivity index (χ2n) is 6.38. The summed E-state index contributed by atoms with van der Waals surface area (Å²) in [4.78, 5) is 0. The predicted octanol–water partition coefficient (Wildman–Crippen LogP) is 5.92. The van der Waals surface area contributed by atoms with E-state index in [1.54, 1.807) is 12.1 Å². The van der Waals surface area contributed by atoms with E-state index in [-0.39, 0.29) is 5.75 Å². The van der Waals surface area contributed by atoms with Crippen molar-refractivity contribution in [1.29, 1.82) is 0 Å². The number of benzene rings is 1. The molecule has 1 N–H and O–H groups in total. The summed E-state index contributed by atoms with van der Waals surface area (Å²) < 4.78 is 4.87. The number of phenols is 1. The number of phenolic OH excluding ortho intramolecular Hbond substituents is 1. The maximum Gasteiger partial charge on any atom is 0.134 e. The van der Waals surface area contributed by atoms with E-state index in [2.05, 4.69) is 12.8 Å². The van der Waals surface area contributed by atoms with E-state index in [0.29, 0.717) is 11.3 Å². The highest BCUT2D eigenvalue weighted by atomic mass is 16.5. The molecule has 0 atom stereocenters. The van der Waals surface area contributed by atoms with Crippen LogP contribution < -0.4 is 4.74 Å². The zero-order valence-corrected chi connectivity index (χ0v) is 14.8. The summed E-state index contributed by atoms with van der Waals surface area (Å²) in [7, 11) is 1.53. The van der Waals surface area contributed by atoms with Gasteiger partial charge in [0.15, 0.2) is 0 Å². The quantitative estimate of drug-likeness (QED) is 0.452. The number of hydrogen-bond acceptors (Lipinski definition) is 2. The van der Waals surface area contributed by atoms with Crippen LogP contribution in [0, 0.1) is 18.3 Å². The predicted molar refractivity (Wildman–Crippen MR) is 97.9 cm³/mol. The molecule has 0 radical (unpaired) electrons. The third-order valence-corrected chi connectivity index (χ3v) is 4.27. The summed E-state index contributed by atoms with van der Waals surface area (Å²) in [5.74, 6) is 4.17. The minimum absolute atomic E-state index is 0.0758. The summed E-state index contributed by atoms with van der Waals surface area (Å²) in [6.45, 7) is 2.28. The Labute approximate surface area is 142 Å². The lowest BCUT2D eigenvalue weighted by atomic mass is 10.1. The fourth-order valence-electron chi connectivity index (χ4n) is 2.56. The number of hydrogen-bond donors (Lipinski definition) is 1. The number of rotatable bonds is 9. The Morgan fingerprint density at radius 2 is 1.78 bits per heavy atom. The van der Waals surface area contributed by atoms with Gasteiger partial charge in [0.2, 0.25) is 0 Å². The van der Waals surface area contributed by atoms with Crippen molar-refractivity contribution in [3.63, 3.8) is 0 Å². The molecular formula is C21H32O2. The van der Waals surface area contributed by atoms with Gasteiger partial charge in [-0.15, -0.1) is 6.42 Å². The van der Waals surface area contributed by atoms with Crippen LogP contribution in [0.25, 0.3) is 0 Å². The second-order valence-corrected chi connectivity index (χ2v) is 6.38. The van der Waals surface area contributed by atoms with Crippen LogP contribution in [0.2, 0.25) is 0 Å². The van der Waals surface area contributed by atoms with Gasteiger partial charge >= 0.3 is 0 Å².